The fourth-order valence-corrected chi connectivity index (χ4v) is 9.35. The van der Waals surface area contributed by atoms with Crippen LogP contribution in [-0.2, 0) is 24.6 Å². The number of anilines is 2. The fraction of sp³-hybridized carbons (Fsp3) is 0.231. The highest BCUT2D eigenvalue weighted by Crippen LogP contribution is 2.65. The molecule has 8 rings (SSSR count). The average molecular weight is 754 g/mol. The van der Waals surface area contributed by atoms with E-state index >= 15 is 4.79 Å². The lowest BCUT2D eigenvalue weighted by Gasteiger charge is -2.50. The number of aromatic hydroxyl groups is 1. The maximum atomic E-state index is 15.3. The number of phenols is 1. The van der Waals surface area contributed by atoms with Gasteiger partial charge in [0.05, 0.1) is 51.6 Å². The van der Waals surface area contributed by atoms with Crippen molar-refractivity contribution >= 4 is 63.9 Å². The van der Waals surface area contributed by atoms with E-state index in [1.54, 1.807) is 54.6 Å². The third-order valence-corrected chi connectivity index (χ3v) is 11.7. The number of nitrogens with one attached hydrogen (secondary N) is 1. The van der Waals surface area contributed by atoms with E-state index in [0.29, 0.717) is 27.5 Å². The maximum absolute atomic E-state index is 15.3. The topological polar surface area (TPSA) is 159 Å². The average Bonchev–Trinajstić information content (AvgIpc) is 3.53. The lowest BCUT2D eigenvalue weighted by atomic mass is 9.49. The van der Waals surface area contributed by atoms with Gasteiger partial charge in [0.25, 0.3) is 17.5 Å². The number of imide groups is 2. The number of allylic oxidation sites excluding steroid dienone is 2. The SMILES string of the molecule is COc1ccc([C@@]23C(=O)N(Nc4ccc(Cl)cc4Cl)C(=O)[C@@H]2C[C@@H]2C(=CC[C@@H]4C(=O)N(c5ccc([N+](=O)[O-])cc5)C(=O)[C@@H]42)[C@@H]3c2ccccc2O)cc1. The second kappa shape index (κ2) is 12.7. The summed E-state index contributed by atoms with van der Waals surface area (Å²) < 4.78 is 5.43. The first-order chi connectivity index (χ1) is 25.5. The van der Waals surface area contributed by atoms with Gasteiger partial charge in [0, 0.05) is 28.6 Å². The van der Waals surface area contributed by atoms with Crippen LogP contribution in [0.25, 0.3) is 0 Å². The molecule has 2 aliphatic heterocycles. The predicted octanol–water partition coefficient (Wildman–Crippen LogP) is 6.81. The number of nitro groups is 1. The molecular formula is C39H30Cl2N4O8. The molecule has 0 radical (unpaired) electrons. The van der Waals surface area contributed by atoms with Crippen LogP contribution >= 0.6 is 23.2 Å². The second-order valence-corrected chi connectivity index (χ2v) is 14.4. The van der Waals surface area contributed by atoms with Crippen LogP contribution in [0.1, 0.15) is 29.9 Å². The number of carbonyl (C=O) groups excluding carboxylic acids is 4. The maximum Gasteiger partial charge on any atom is 0.269 e. The largest absolute Gasteiger partial charge is 0.508 e. The molecule has 12 nitrogen and oxygen atoms in total. The van der Waals surface area contributed by atoms with Crippen molar-refractivity contribution in [1.82, 2.24) is 5.01 Å². The minimum Gasteiger partial charge on any atom is -0.508 e. The van der Waals surface area contributed by atoms with E-state index in [2.05, 4.69) is 5.43 Å². The zero-order valence-corrected chi connectivity index (χ0v) is 29.5. The Morgan fingerprint density at radius 1 is 0.906 bits per heavy atom. The number of amides is 4. The molecule has 2 aliphatic carbocycles. The summed E-state index contributed by atoms with van der Waals surface area (Å²) in [6, 6.07) is 23.2. The lowest BCUT2D eigenvalue weighted by molar-refractivity contribution is -0.384. The summed E-state index contributed by atoms with van der Waals surface area (Å²) in [4.78, 5) is 70.4. The van der Waals surface area contributed by atoms with Crippen molar-refractivity contribution in [2.75, 3.05) is 17.4 Å². The van der Waals surface area contributed by atoms with Crippen LogP contribution in [-0.4, -0.2) is 45.8 Å². The van der Waals surface area contributed by atoms with Crippen molar-refractivity contribution in [3.8, 4) is 11.5 Å². The number of nitro benzene ring substituents is 1. The number of non-ortho nitro benzene ring substituents is 1. The molecule has 4 amide bonds. The first-order valence-electron chi connectivity index (χ1n) is 16.8. The number of ether oxygens (including phenoxy) is 1. The number of hydrogen-bond acceptors (Lipinski definition) is 9. The zero-order chi connectivity index (χ0) is 37.3. The molecule has 53 heavy (non-hydrogen) atoms. The number of halogens is 2. The molecule has 268 valence electrons. The second-order valence-electron chi connectivity index (χ2n) is 13.6. The van der Waals surface area contributed by atoms with E-state index in [-0.39, 0.29) is 40.7 Å². The summed E-state index contributed by atoms with van der Waals surface area (Å²) in [6.45, 7) is 0. The highest BCUT2D eigenvalue weighted by molar-refractivity contribution is 6.36. The van der Waals surface area contributed by atoms with Crippen molar-refractivity contribution in [3.63, 3.8) is 0 Å². The van der Waals surface area contributed by atoms with E-state index in [0.717, 1.165) is 9.91 Å². The number of phenolic OH excluding ortho intramolecular Hbond substituents is 1. The van der Waals surface area contributed by atoms with Gasteiger partial charge >= 0.3 is 0 Å². The van der Waals surface area contributed by atoms with E-state index in [1.165, 1.54) is 43.5 Å². The molecule has 2 N–H and O–H groups in total. The molecule has 0 aromatic heterocycles. The Bertz CT molecular complexity index is 2260. The molecule has 14 heteroatoms. The lowest BCUT2D eigenvalue weighted by Crippen LogP contribution is -2.53. The van der Waals surface area contributed by atoms with E-state index < -0.39 is 63.6 Å². The minimum absolute atomic E-state index is 0.0212. The number of para-hydroxylation sites is 1. The summed E-state index contributed by atoms with van der Waals surface area (Å²) in [6.07, 6.45) is 2.05. The first kappa shape index (κ1) is 34.4. The van der Waals surface area contributed by atoms with Crippen LogP contribution < -0.4 is 15.1 Å². The van der Waals surface area contributed by atoms with Gasteiger partial charge in [-0.25, -0.2) is 0 Å². The summed E-state index contributed by atoms with van der Waals surface area (Å²) in [7, 11) is 1.51. The molecule has 4 aromatic rings. The molecule has 0 spiro atoms. The summed E-state index contributed by atoms with van der Waals surface area (Å²) in [5, 5.41) is 24.3. The molecule has 4 aromatic carbocycles. The molecule has 2 heterocycles. The van der Waals surface area contributed by atoms with Gasteiger partial charge in [-0.2, -0.15) is 5.01 Å². The van der Waals surface area contributed by atoms with Crippen LogP contribution in [0.5, 0.6) is 11.5 Å². The van der Waals surface area contributed by atoms with Gasteiger partial charge in [-0.15, -0.1) is 0 Å². The predicted molar refractivity (Wildman–Crippen MR) is 194 cm³/mol. The Hall–Kier alpha value is -5.72. The van der Waals surface area contributed by atoms with Crippen LogP contribution in [0.4, 0.5) is 17.1 Å². The van der Waals surface area contributed by atoms with Crippen LogP contribution in [0.15, 0.2) is 103 Å². The van der Waals surface area contributed by atoms with Crippen LogP contribution in [0, 0.1) is 33.8 Å². The normalized spacial score (nSPS) is 26.2. The number of methoxy groups -OCH3 is 1. The van der Waals surface area contributed by atoms with E-state index in [1.807, 2.05) is 6.08 Å². The quantitative estimate of drug-likeness (QED) is 0.0896. The molecule has 3 fully saturated rings. The van der Waals surface area contributed by atoms with Gasteiger partial charge in [0.1, 0.15) is 11.5 Å². The smallest absolute Gasteiger partial charge is 0.269 e. The van der Waals surface area contributed by atoms with E-state index in [9.17, 15) is 29.6 Å². The number of carbonyl (C=O) groups is 4. The fourth-order valence-electron chi connectivity index (χ4n) is 8.90. The number of rotatable bonds is 7. The van der Waals surface area contributed by atoms with Crippen molar-refractivity contribution < 1.29 is 33.9 Å². The van der Waals surface area contributed by atoms with Crippen molar-refractivity contribution in [2.24, 2.45) is 23.7 Å². The summed E-state index contributed by atoms with van der Waals surface area (Å²) in [5.74, 6) is -6.13. The Labute approximate surface area is 312 Å². The van der Waals surface area contributed by atoms with Crippen LogP contribution in [0.2, 0.25) is 10.0 Å². The minimum atomic E-state index is -1.63. The molecular weight excluding hydrogens is 723 g/mol. The Balaban J connectivity index is 1.30. The number of nitrogens with zero attached hydrogens (tertiary/aromatic N) is 3. The third-order valence-electron chi connectivity index (χ3n) is 11.1. The molecule has 0 bridgehead atoms. The number of benzene rings is 4. The van der Waals surface area contributed by atoms with Crippen LogP contribution in [0.3, 0.4) is 0 Å². The van der Waals surface area contributed by atoms with Gasteiger partial charge in [-0.1, -0.05) is 65.2 Å². The molecule has 6 atom stereocenters. The van der Waals surface area contributed by atoms with Gasteiger partial charge < -0.3 is 9.84 Å². The highest BCUT2D eigenvalue weighted by atomic mass is 35.5. The van der Waals surface area contributed by atoms with Gasteiger partial charge in [-0.05, 0) is 72.9 Å². The monoisotopic (exact) mass is 752 g/mol. The van der Waals surface area contributed by atoms with Gasteiger partial charge in [0.15, 0.2) is 0 Å². The number of hydrogen-bond donors (Lipinski definition) is 2. The Morgan fingerprint density at radius 2 is 1.62 bits per heavy atom. The van der Waals surface area contributed by atoms with Crippen molar-refractivity contribution in [1.29, 1.82) is 0 Å². The first-order valence-corrected chi connectivity index (χ1v) is 17.6. The molecule has 2 saturated heterocycles. The standard InChI is InChI=1S/C39H30Cl2N4O8/c1-53-24-13-6-20(7-14-24)39-29(36(48)44(38(39)50)42-31-17-8-21(40)18-30(31)41)19-28-25(34(39)26-4-2-3-5-32(26)46)15-16-27-33(28)37(49)43(35(27)47)22-9-11-23(12-10-22)45(51)52/h2-15,17-18,27-29,33-34,42,46H,16,19H2,1H3/t27-,28+,29-,33-,34+,39+/m0/s1. The molecule has 1 saturated carbocycles. The highest BCUT2D eigenvalue weighted by Gasteiger charge is 2.70. The zero-order valence-electron chi connectivity index (χ0n) is 27.9. The number of hydrazine groups is 1. The van der Waals surface area contributed by atoms with E-state index in [4.69, 9.17) is 27.9 Å². The summed E-state index contributed by atoms with van der Waals surface area (Å²) >= 11 is 12.6. The molecule has 4 aliphatic rings. The van der Waals surface area contributed by atoms with Gasteiger partial charge in [-0.3, -0.25) is 39.6 Å². The number of fused-ring (bicyclic) bond motifs is 4. The van der Waals surface area contributed by atoms with Crippen molar-refractivity contribution in [3.05, 3.63) is 134 Å². The Kier molecular flexibility index (Phi) is 8.27. The summed E-state index contributed by atoms with van der Waals surface area (Å²) in [5.41, 5.74) is 3.09. The Morgan fingerprint density at radius 3 is 2.28 bits per heavy atom. The molecule has 0 unspecified atom stereocenters. The van der Waals surface area contributed by atoms with Crippen molar-refractivity contribution in [2.45, 2.75) is 24.2 Å². The third kappa shape index (κ3) is 5.11. The van der Waals surface area contributed by atoms with Gasteiger partial charge in [0.2, 0.25) is 11.8 Å².